The predicted molar refractivity (Wildman–Crippen MR) is 92.7 cm³/mol. The van der Waals surface area contributed by atoms with Crippen molar-refractivity contribution in [3.63, 3.8) is 0 Å². The van der Waals surface area contributed by atoms with Gasteiger partial charge >= 0.3 is 5.97 Å². The Bertz CT molecular complexity index is 1060. The molecule has 0 atom stereocenters. The van der Waals surface area contributed by atoms with Crippen LogP contribution in [0, 0.1) is 11.6 Å². The number of halogens is 2. The lowest BCUT2D eigenvalue weighted by Gasteiger charge is -2.04. The molecule has 0 aliphatic rings. The number of benzene rings is 2. The average molecular weight is 376 g/mol. The lowest BCUT2D eigenvalue weighted by Crippen LogP contribution is -2.19. The predicted octanol–water partition coefficient (Wildman–Crippen LogP) is 3.29. The molecule has 1 heterocycles. The largest absolute Gasteiger partial charge is 0.469 e. The number of hydrogen-bond donors (Lipinski definition) is 0. The number of carbonyl (C=O) groups is 2. The number of fused-ring (bicyclic) bond motifs is 1. The van der Waals surface area contributed by atoms with E-state index in [0.29, 0.717) is 15.0 Å². The number of aryl methyl sites for hydroxylation is 1. The molecule has 0 saturated carbocycles. The van der Waals surface area contributed by atoms with Crippen molar-refractivity contribution in [3.05, 3.63) is 64.5 Å². The molecule has 1 aromatic heterocycles. The number of amides is 1. The first-order valence-corrected chi connectivity index (χ1v) is 8.50. The summed E-state index contributed by atoms with van der Waals surface area (Å²) in [5.74, 6) is -1.99. The van der Waals surface area contributed by atoms with E-state index in [-0.39, 0.29) is 18.5 Å². The number of hydrogen-bond acceptors (Lipinski definition) is 4. The number of thiazole rings is 1. The molecule has 8 heteroatoms. The highest BCUT2D eigenvalue weighted by Gasteiger charge is 2.12. The van der Waals surface area contributed by atoms with Crippen LogP contribution in [0.5, 0.6) is 0 Å². The molecule has 3 aromatic rings. The Balaban J connectivity index is 2.08. The quantitative estimate of drug-likeness (QED) is 0.657. The summed E-state index contributed by atoms with van der Waals surface area (Å²) in [5, 5.41) is 0. The molecule has 2 aromatic carbocycles. The Labute approximate surface area is 151 Å². The highest BCUT2D eigenvalue weighted by Crippen LogP contribution is 2.19. The zero-order valence-electron chi connectivity index (χ0n) is 13.7. The Kier molecular flexibility index (Phi) is 5.22. The maximum atomic E-state index is 13.5. The summed E-state index contributed by atoms with van der Waals surface area (Å²) in [6, 6.07) is 9.39. The van der Waals surface area contributed by atoms with Gasteiger partial charge in [-0.1, -0.05) is 17.4 Å². The third-order valence-corrected chi connectivity index (χ3v) is 4.72. The molecule has 0 aliphatic carbocycles. The smallest absolute Gasteiger partial charge is 0.307 e. The number of rotatable bonds is 4. The molecule has 0 bridgehead atoms. The Hall–Kier alpha value is -2.87. The van der Waals surface area contributed by atoms with Crippen LogP contribution in [-0.4, -0.2) is 23.6 Å². The molecule has 3 rings (SSSR count). The van der Waals surface area contributed by atoms with E-state index in [4.69, 9.17) is 0 Å². The molecule has 0 unspecified atom stereocenters. The first-order valence-electron chi connectivity index (χ1n) is 7.68. The van der Waals surface area contributed by atoms with Gasteiger partial charge in [-0.3, -0.25) is 9.59 Å². The summed E-state index contributed by atoms with van der Waals surface area (Å²) >= 11 is 1.11. The second-order valence-electron chi connectivity index (χ2n) is 5.40. The van der Waals surface area contributed by atoms with E-state index in [2.05, 4.69) is 9.73 Å². The van der Waals surface area contributed by atoms with Crippen LogP contribution in [-0.2, 0) is 16.1 Å². The van der Waals surface area contributed by atoms with Crippen molar-refractivity contribution in [2.75, 3.05) is 7.11 Å². The summed E-state index contributed by atoms with van der Waals surface area (Å²) in [4.78, 5) is 28.1. The SMILES string of the molecule is COC(=O)CCn1c(=NC(=O)c2cccc(F)c2)sc2cc(F)ccc21. The second kappa shape index (κ2) is 7.57. The Morgan fingerprint density at radius 2 is 1.92 bits per heavy atom. The van der Waals surface area contributed by atoms with Crippen molar-refractivity contribution in [2.45, 2.75) is 13.0 Å². The zero-order chi connectivity index (χ0) is 18.7. The second-order valence-corrected chi connectivity index (χ2v) is 6.41. The summed E-state index contributed by atoms with van der Waals surface area (Å²) in [6.07, 6.45) is 0.0705. The zero-order valence-corrected chi connectivity index (χ0v) is 14.6. The van der Waals surface area contributed by atoms with Crippen molar-refractivity contribution in [1.29, 1.82) is 0 Å². The number of nitrogens with zero attached hydrogens (tertiary/aromatic N) is 2. The van der Waals surface area contributed by atoms with Crippen molar-refractivity contribution < 1.29 is 23.1 Å². The van der Waals surface area contributed by atoms with Gasteiger partial charge in [0.1, 0.15) is 11.6 Å². The van der Waals surface area contributed by atoms with Gasteiger partial charge < -0.3 is 9.30 Å². The number of methoxy groups -OCH3 is 1. The number of carbonyl (C=O) groups excluding carboxylic acids is 2. The van der Waals surface area contributed by atoms with Crippen molar-refractivity contribution in [1.82, 2.24) is 4.57 Å². The summed E-state index contributed by atoms with van der Waals surface area (Å²) in [5.41, 5.74) is 0.749. The van der Waals surface area contributed by atoms with Crippen molar-refractivity contribution in [3.8, 4) is 0 Å². The highest BCUT2D eigenvalue weighted by atomic mass is 32.1. The van der Waals surface area contributed by atoms with Crippen LogP contribution in [0.15, 0.2) is 47.5 Å². The average Bonchev–Trinajstić information content (AvgIpc) is 2.95. The molecule has 134 valence electrons. The van der Waals surface area contributed by atoms with Gasteiger partial charge in [0, 0.05) is 12.1 Å². The standard InChI is InChI=1S/C18H14F2N2O3S/c1-25-16(23)7-8-22-14-6-5-13(20)10-15(14)26-18(22)21-17(24)11-3-2-4-12(19)9-11/h2-6,9-10H,7-8H2,1H3. The van der Waals surface area contributed by atoms with Gasteiger partial charge in [0.05, 0.1) is 23.7 Å². The van der Waals surface area contributed by atoms with E-state index in [0.717, 1.165) is 17.4 Å². The lowest BCUT2D eigenvalue weighted by molar-refractivity contribution is -0.140. The third kappa shape index (κ3) is 3.85. The normalized spacial score (nSPS) is 11.7. The van der Waals surface area contributed by atoms with Gasteiger partial charge in [0.25, 0.3) is 5.91 Å². The molecule has 0 fully saturated rings. The van der Waals surface area contributed by atoms with Crippen LogP contribution < -0.4 is 4.80 Å². The highest BCUT2D eigenvalue weighted by molar-refractivity contribution is 7.16. The van der Waals surface area contributed by atoms with E-state index < -0.39 is 23.5 Å². The first-order chi connectivity index (χ1) is 12.5. The van der Waals surface area contributed by atoms with Gasteiger partial charge in [0.15, 0.2) is 4.80 Å². The van der Waals surface area contributed by atoms with Gasteiger partial charge in [0.2, 0.25) is 0 Å². The molecular weight excluding hydrogens is 362 g/mol. The van der Waals surface area contributed by atoms with Crippen LogP contribution in [0.25, 0.3) is 10.2 Å². The fourth-order valence-electron chi connectivity index (χ4n) is 2.43. The van der Waals surface area contributed by atoms with Crippen LogP contribution in [0.4, 0.5) is 8.78 Å². The van der Waals surface area contributed by atoms with Crippen LogP contribution in [0.2, 0.25) is 0 Å². The Morgan fingerprint density at radius 1 is 1.15 bits per heavy atom. The van der Waals surface area contributed by atoms with Crippen LogP contribution >= 0.6 is 11.3 Å². The van der Waals surface area contributed by atoms with E-state index >= 15 is 0 Å². The summed E-state index contributed by atoms with van der Waals surface area (Å²) in [6.45, 7) is 0.216. The molecule has 0 saturated heterocycles. The van der Waals surface area contributed by atoms with Crippen molar-refractivity contribution in [2.24, 2.45) is 4.99 Å². The van der Waals surface area contributed by atoms with E-state index in [9.17, 15) is 18.4 Å². The molecule has 5 nitrogen and oxygen atoms in total. The summed E-state index contributed by atoms with van der Waals surface area (Å²) < 4.78 is 33.7. The van der Waals surface area contributed by atoms with Crippen LogP contribution in [0.3, 0.4) is 0 Å². The van der Waals surface area contributed by atoms with Crippen LogP contribution in [0.1, 0.15) is 16.8 Å². The van der Waals surface area contributed by atoms with Crippen molar-refractivity contribution >= 4 is 33.4 Å². The monoisotopic (exact) mass is 376 g/mol. The lowest BCUT2D eigenvalue weighted by atomic mass is 10.2. The number of ether oxygens (including phenoxy) is 1. The Morgan fingerprint density at radius 3 is 2.65 bits per heavy atom. The molecular formula is C18H14F2N2O3S. The third-order valence-electron chi connectivity index (χ3n) is 3.68. The molecule has 0 N–H and O–H groups in total. The minimum atomic E-state index is -0.622. The molecule has 1 amide bonds. The van der Waals surface area contributed by atoms with E-state index in [1.807, 2.05) is 0 Å². The van der Waals surface area contributed by atoms with E-state index in [1.54, 1.807) is 10.6 Å². The fraction of sp³-hybridized carbons (Fsp3) is 0.167. The minimum absolute atomic E-state index is 0.0705. The van der Waals surface area contributed by atoms with Gasteiger partial charge in [-0.05, 0) is 36.4 Å². The first kappa shape index (κ1) is 17.9. The van der Waals surface area contributed by atoms with Gasteiger partial charge in [-0.2, -0.15) is 4.99 Å². The maximum Gasteiger partial charge on any atom is 0.307 e. The number of aromatic nitrogens is 1. The topological polar surface area (TPSA) is 60.7 Å². The fourth-order valence-corrected chi connectivity index (χ4v) is 3.51. The molecule has 0 aliphatic heterocycles. The molecule has 0 spiro atoms. The maximum absolute atomic E-state index is 13.5. The van der Waals surface area contributed by atoms with Gasteiger partial charge in [-0.15, -0.1) is 0 Å². The van der Waals surface area contributed by atoms with E-state index in [1.165, 1.54) is 37.4 Å². The molecule has 0 radical (unpaired) electrons. The van der Waals surface area contributed by atoms with Gasteiger partial charge in [-0.25, -0.2) is 8.78 Å². The molecule has 26 heavy (non-hydrogen) atoms. The minimum Gasteiger partial charge on any atom is -0.469 e. The number of esters is 1. The summed E-state index contributed by atoms with van der Waals surface area (Å²) in [7, 11) is 1.28.